The lowest BCUT2D eigenvalue weighted by molar-refractivity contribution is 0.0953. The zero-order valence-corrected chi connectivity index (χ0v) is 15.9. The van der Waals surface area contributed by atoms with Gasteiger partial charge in [-0.15, -0.1) is 0 Å². The van der Waals surface area contributed by atoms with Gasteiger partial charge in [-0.1, -0.05) is 35.6 Å². The quantitative estimate of drug-likeness (QED) is 0.753. The first-order valence-electron chi connectivity index (χ1n) is 8.41. The second-order valence-electron chi connectivity index (χ2n) is 6.24. The van der Waals surface area contributed by atoms with Crippen molar-refractivity contribution in [2.24, 2.45) is 0 Å². The molecule has 2 heterocycles. The molecule has 0 saturated carbocycles. The van der Waals surface area contributed by atoms with Crippen molar-refractivity contribution in [1.82, 2.24) is 14.9 Å². The Morgan fingerprint density at radius 2 is 1.85 bits per heavy atom. The Morgan fingerprint density at radius 1 is 1.12 bits per heavy atom. The molecule has 0 bridgehead atoms. The molecule has 0 saturated heterocycles. The van der Waals surface area contributed by atoms with Crippen LogP contribution in [0.1, 0.15) is 37.7 Å². The summed E-state index contributed by atoms with van der Waals surface area (Å²) in [6, 6.07) is 11.6. The van der Waals surface area contributed by atoms with Crippen molar-refractivity contribution in [3.05, 3.63) is 85.2 Å². The van der Waals surface area contributed by atoms with Gasteiger partial charge in [0.05, 0.1) is 18.8 Å². The van der Waals surface area contributed by atoms with E-state index < -0.39 is 0 Å². The summed E-state index contributed by atoms with van der Waals surface area (Å²) in [4.78, 5) is 29.5. The molecular weight excluding hydrogens is 346 g/mol. The number of aryl methyl sites for hydroxylation is 2. The average Bonchev–Trinajstić information content (AvgIpc) is 2.91. The smallest absolute Gasteiger partial charge is 0.308 e. The molecule has 6 heteroatoms. The van der Waals surface area contributed by atoms with Gasteiger partial charge in [0.2, 0.25) is 0 Å². The van der Waals surface area contributed by atoms with E-state index in [1.807, 2.05) is 57.2 Å². The maximum atomic E-state index is 12.5. The van der Waals surface area contributed by atoms with Crippen LogP contribution in [-0.2, 0) is 13.1 Å². The largest absolute Gasteiger partial charge is 0.346 e. The van der Waals surface area contributed by atoms with Gasteiger partial charge in [-0.3, -0.25) is 19.1 Å². The Morgan fingerprint density at radius 3 is 2.50 bits per heavy atom. The van der Waals surface area contributed by atoms with Crippen molar-refractivity contribution < 1.29 is 4.79 Å². The van der Waals surface area contributed by atoms with E-state index in [4.69, 9.17) is 0 Å². The standard InChI is InChI=1S/C20H21N3O2S/c1-13-7-6-8-14(2)17(13)12-23-15(3)18(26-20(23)25)19(24)22-11-16-9-4-5-10-21-16/h4-10H,11-12H2,1-3H3,(H,22,24). The number of rotatable bonds is 5. The number of aromatic nitrogens is 2. The molecule has 3 aromatic rings. The molecule has 0 aliphatic heterocycles. The second-order valence-corrected chi connectivity index (χ2v) is 7.20. The molecule has 1 N–H and O–H groups in total. The van der Waals surface area contributed by atoms with E-state index in [0.29, 0.717) is 23.7 Å². The number of nitrogens with one attached hydrogen (secondary N) is 1. The van der Waals surface area contributed by atoms with E-state index in [9.17, 15) is 9.59 Å². The fraction of sp³-hybridized carbons (Fsp3) is 0.250. The highest BCUT2D eigenvalue weighted by atomic mass is 32.1. The van der Waals surface area contributed by atoms with Gasteiger partial charge in [0.25, 0.3) is 5.91 Å². The molecule has 3 rings (SSSR count). The van der Waals surface area contributed by atoms with Gasteiger partial charge in [-0.2, -0.15) is 0 Å². The van der Waals surface area contributed by atoms with Crippen molar-refractivity contribution >= 4 is 17.2 Å². The Kier molecular flexibility index (Phi) is 5.32. The van der Waals surface area contributed by atoms with Crippen molar-refractivity contribution in [2.75, 3.05) is 0 Å². The Bertz CT molecular complexity index is 970. The molecule has 134 valence electrons. The van der Waals surface area contributed by atoms with E-state index >= 15 is 0 Å². The number of hydrogen-bond acceptors (Lipinski definition) is 4. The third-order valence-corrected chi connectivity index (χ3v) is 5.55. The summed E-state index contributed by atoms with van der Waals surface area (Å²) in [6.07, 6.45) is 1.69. The number of benzene rings is 1. The molecule has 0 atom stereocenters. The SMILES string of the molecule is Cc1cccc(C)c1Cn1c(C)c(C(=O)NCc2ccccn2)sc1=O. The lowest BCUT2D eigenvalue weighted by Crippen LogP contribution is -2.23. The van der Waals surface area contributed by atoms with Crippen LogP contribution in [-0.4, -0.2) is 15.5 Å². The normalized spacial score (nSPS) is 10.7. The Balaban J connectivity index is 1.81. The monoisotopic (exact) mass is 367 g/mol. The van der Waals surface area contributed by atoms with Crippen LogP contribution in [0.3, 0.4) is 0 Å². The molecule has 0 aliphatic carbocycles. The van der Waals surface area contributed by atoms with Gasteiger partial charge < -0.3 is 5.32 Å². The Hall–Kier alpha value is -2.73. The molecule has 0 radical (unpaired) electrons. The van der Waals surface area contributed by atoms with Crippen LogP contribution in [0, 0.1) is 20.8 Å². The first kappa shape index (κ1) is 18.1. The number of carbonyl (C=O) groups is 1. The van der Waals surface area contributed by atoms with Crippen LogP contribution in [0.15, 0.2) is 47.4 Å². The topological polar surface area (TPSA) is 64.0 Å². The lowest BCUT2D eigenvalue weighted by Gasteiger charge is -2.11. The lowest BCUT2D eigenvalue weighted by atomic mass is 10.0. The molecule has 0 aliphatic rings. The molecule has 0 unspecified atom stereocenters. The molecule has 0 spiro atoms. The third kappa shape index (κ3) is 3.75. The maximum Gasteiger partial charge on any atom is 0.308 e. The van der Waals surface area contributed by atoms with Crippen molar-refractivity contribution in [1.29, 1.82) is 0 Å². The minimum Gasteiger partial charge on any atom is -0.346 e. The number of amides is 1. The van der Waals surface area contributed by atoms with Gasteiger partial charge >= 0.3 is 4.87 Å². The summed E-state index contributed by atoms with van der Waals surface area (Å²) in [5, 5.41) is 2.84. The molecule has 1 aromatic carbocycles. The Labute approximate surface area is 156 Å². The zero-order chi connectivity index (χ0) is 18.7. The van der Waals surface area contributed by atoms with Gasteiger partial charge in [0, 0.05) is 11.9 Å². The summed E-state index contributed by atoms with van der Waals surface area (Å²) < 4.78 is 1.68. The van der Waals surface area contributed by atoms with Crippen LogP contribution in [0.4, 0.5) is 0 Å². The zero-order valence-electron chi connectivity index (χ0n) is 15.1. The predicted molar refractivity (Wildman–Crippen MR) is 104 cm³/mol. The van der Waals surface area contributed by atoms with E-state index in [0.717, 1.165) is 33.7 Å². The molecule has 5 nitrogen and oxygen atoms in total. The molecule has 2 aromatic heterocycles. The van der Waals surface area contributed by atoms with Crippen molar-refractivity contribution in [2.45, 2.75) is 33.9 Å². The van der Waals surface area contributed by atoms with E-state index in [1.54, 1.807) is 10.8 Å². The van der Waals surface area contributed by atoms with Crippen LogP contribution >= 0.6 is 11.3 Å². The summed E-state index contributed by atoms with van der Waals surface area (Å²) in [5.74, 6) is -0.240. The predicted octanol–water partition coefficient (Wildman–Crippen LogP) is 3.21. The highest BCUT2D eigenvalue weighted by Crippen LogP contribution is 2.18. The number of carbonyl (C=O) groups excluding carboxylic acids is 1. The van der Waals surface area contributed by atoms with Gasteiger partial charge in [-0.05, 0) is 49.6 Å². The number of thiazole rings is 1. The van der Waals surface area contributed by atoms with Crippen LogP contribution in [0.25, 0.3) is 0 Å². The highest BCUT2D eigenvalue weighted by molar-refractivity contribution is 7.11. The maximum absolute atomic E-state index is 12.5. The number of pyridine rings is 1. The average molecular weight is 367 g/mol. The summed E-state index contributed by atoms with van der Waals surface area (Å²) >= 11 is 0.990. The molecule has 0 fully saturated rings. The van der Waals surface area contributed by atoms with Crippen LogP contribution in [0.2, 0.25) is 0 Å². The van der Waals surface area contributed by atoms with Gasteiger partial charge in [0.15, 0.2) is 0 Å². The molecule has 1 amide bonds. The summed E-state index contributed by atoms with van der Waals surface area (Å²) in [5.41, 5.74) is 4.88. The first-order valence-corrected chi connectivity index (χ1v) is 9.22. The minimum absolute atomic E-state index is 0.117. The summed E-state index contributed by atoms with van der Waals surface area (Å²) in [6.45, 7) is 6.71. The van der Waals surface area contributed by atoms with E-state index in [2.05, 4.69) is 10.3 Å². The van der Waals surface area contributed by atoms with Crippen molar-refractivity contribution in [3.63, 3.8) is 0 Å². The molecule has 26 heavy (non-hydrogen) atoms. The summed E-state index contributed by atoms with van der Waals surface area (Å²) in [7, 11) is 0. The highest BCUT2D eigenvalue weighted by Gasteiger charge is 2.18. The second kappa shape index (κ2) is 7.66. The number of nitrogens with zero attached hydrogens (tertiary/aromatic N) is 2. The van der Waals surface area contributed by atoms with Crippen LogP contribution in [0.5, 0.6) is 0 Å². The van der Waals surface area contributed by atoms with Gasteiger partial charge in [-0.25, -0.2) is 0 Å². The van der Waals surface area contributed by atoms with E-state index in [-0.39, 0.29) is 10.8 Å². The fourth-order valence-electron chi connectivity index (χ4n) is 2.88. The third-order valence-electron chi connectivity index (χ3n) is 4.47. The number of hydrogen-bond donors (Lipinski definition) is 1. The first-order chi connectivity index (χ1) is 12.5. The van der Waals surface area contributed by atoms with Gasteiger partial charge in [0.1, 0.15) is 4.88 Å². The van der Waals surface area contributed by atoms with Crippen LogP contribution < -0.4 is 10.2 Å². The fourth-order valence-corrected chi connectivity index (χ4v) is 3.79. The van der Waals surface area contributed by atoms with Crippen molar-refractivity contribution in [3.8, 4) is 0 Å². The molecular formula is C20H21N3O2S. The minimum atomic E-state index is -0.240. The van der Waals surface area contributed by atoms with E-state index in [1.165, 1.54) is 0 Å².